The largest absolute Gasteiger partial charge is 0.368 e. The first-order chi connectivity index (χ1) is 8.95. The highest BCUT2D eigenvalue weighted by atomic mass is 35.5. The van der Waals surface area contributed by atoms with Gasteiger partial charge in [-0.2, -0.15) is 0 Å². The topological polar surface area (TPSA) is 72.2 Å². The first-order valence-corrected chi connectivity index (χ1v) is 6.76. The molecule has 0 heterocycles. The highest BCUT2D eigenvalue weighted by Crippen LogP contribution is 2.20. The summed E-state index contributed by atoms with van der Waals surface area (Å²) in [5, 5.41) is 3.26. The standard InChI is InChI=1S/C13H16Cl2N2O2/c1-2-3-4-11(12(16)18)17-13(19)9-7-8(14)5-6-10(9)15/h5-7,11H,2-4H2,1H3,(H2,16,18)(H,17,19). The molecule has 1 aromatic carbocycles. The van der Waals surface area contributed by atoms with Crippen LogP contribution in [0.15, 0.2) is 18.2 Å². The normalized spacial score (nSPS) is 11.9. The van der Waals surface area contributed by atoms with Gasteiger partial charge in [-0.25, -0.2) is 0 Å². The fourth-order valence-electron chi connectivity index (χ4n) is 1.60. The lowest BCUT2D eigenvalue weighted by molar-refractivity contribution is -0.120. The third-order valence-electron chi connectivity index (χ3n) is 2.67. The number of rotatable bonds is 6. The molecule has 0 aromatic heterocycles. The summed E-state index contributed by atoms with van der Waals surface area (Å²) >= 11 is 11.7. The molecule has 1 unspecified atom stereocenters. The van der Waals surface area contributed by atoms with Crippen molar-refractivity contribution in [3.8, 4) is 0 Å². The Hall–Kier alpha value is -1.26. The summed E-state index contributed by atoms with van der Waals surface area (Å²) < 4.78 is 0. The second-order valence-corrected chi connectivity index (χ2v) is 5.04. The van der Waals surface area contributed by atoms with Gasteiger partial charge >= 0.3 is 0 Å². The van der Waals surface area contributed by atoms with Crippen molar-refractivity contribution in [2.75, 3.05) is 0 Å². The smallest absolute Gasteiger partial charge is 0.253 e. The average Bonchev–Trinajstić information content (AvgIpc) is 2.36. The third-order valence-corrected chi connectivity index (χ3v) is 3.23. The number of unbranched alkanes of at least 4 members (excludes halogenated alkanes) is 1. The van der Waals surface area contributed by atoms with Crippen molar-refractivity contribution in [2.24, 2.45) is 5.73 Å². The molecule has 0 radical (unpaired) electrons. The van der Waals surface area contributed by atoms with Gasteiger partial charge in [0.15, 0.2) is 0 Å². The van der Waals surface area contributed by atoms with Crippen LogP contribution in [0, 0.1) is 0 Å². The molecule has 1 atom stereocenters. The lowest BCUT2D eigenvalue weighted by Crippen LogP contribution is -2.44. The van der Waals surface area contributed by atoms with Gasteiger partial charge in [0.2, 0.25) is 5.91 Å². The minimum atomic E-state index is -0.692. The molecular weight excluding hydrogens is 287 g/mol. The van der Waals surface area contributed by atoms with E-state index in [4.69, 9.17) is 28.9 Å². The van der Waals surface area contributed by atoms with Crippen LogP contribution in [0.2, 0.25) is 10.0 Å². The zero-order valence-electron chi connectivity index (χ0n) is 10.6. The minimum Gasteiger partial charge on any atom is -0.368 e. The summed E-state index contributed by atoms with van der Waals surface area (Å²) in [6.07, 6.45) is 2.23. The van der Waals surface area contributed by atoms with E-state index >= 15 is 0 Å². The molecule has 1 rings (SSSR count). The number of benzene rings is 1. The Kier molecular flexibility index (Phi) is 6.12. The zero-order valence-corrected chi connectivity index (χ0v) is 12.1. The first kappa shape index (κ1) is 15.8. The minimum absolute atomic E-state index is 0.233. The number of halogens is 2. The molecule has 3 N–H and O–H groups in total. The quantitative estimate of drug-likeness (QED) is 0.848. The number of amides is 2. The van der Waals surface area contributed by atoms with Crippen molar-refractivity contribution in [3.63, 3.8) is 0 Å². The van der Waals surface area contributed by atoms with E-state index in [1.54, 1.807) is 6.07 Å². The zero-order chi connectivity index (χ0) is 14.4. The van der Waals surface area contributed by atoms with Crippen LogP contribution in [0.3, 0.4) is 0 Å². The molecule has 0 spiro atoms. The lowest BCUT2D eigenvalue weighted by atomic mass is 10.1. The monoisotopic (exact) mass is 302 g/mol. The van der Waals surface area contributed by atoms with Crippen molar-refractivity contribution in [2.45, 2.75) is 32.2 Å². The maximum absolute atomic E-state index is 12.0. The number of hydrogen-bond acceptors (Lipinski definition) is 2. The molecule has 0 fully saturated rings. The second-order valence-electron chi connectivity index (χ2n) is 4.19. The number of hydrogen-bond donors (Lipinski definition) is 2. The van der Waals surface area contributed by atoms with Crippen LogP contribution in [0.4, 0.5) is 0 Å². The van der Waals surface area contributed by atoms with Crippen LogP contribution < -0.4 is 11.1 Å². The maximum atomic E-state index is 12.0. The van der Waals surface area contributed by atoms with Crippen molar-refractivity contribution in [1.29, 1.82) is 0 Å². The van der Waals surface area contributed by atoms with E-state index in [9.17, 15) is 9.59 Å². The Bertz CT molecular complexity index is 478. The van der Waals surface area contributed by atoms with E-state index in [0.717, 1.165) is 12.8 Å². The number of carbonyl (C=O) groups excluding carboxylic acids is 2. The van der Waals surface area contributed by atoms with Gasteiger partial charge in [0.25, 0.3) is 5.91 Å². The molecule has 4 nitrogen and oxygen atoms in total. The van der Waals surface area contributed by atoms with E-state index in [2.05, 4.69) is 5.32 Å². The second kappa shape index (κ2) is 7.36. The summed E-state index contributed by atoms with van der Waals surface area (Å²) in [7, 11) is 0. The van der Waals surface area contributed by atoms with E-state index in [1.807, 2.05) is 6.92 Å². The number of primary amides is 1. The molecule has 0 bridgehead atoms. The third kappa shape index (κ3) is 4.73. The van der Waals surface area contributed by atoms with Crippen LogP contribution in [-0.4, -0.2) is 17.9 Å². The summed E-state index contributed by atoms with van der Waals surface area (Å²) in [4.78, 5) is 23.3. The molecule has 6 heteroatoms. The molecule has 104 valence electrons. The summed E-state index contributed by atoms with van der Waals surface area (Å²) in [6.45, 7) is 1.99. The Morgan fingerprint density at radius 2 is 2.05 bits per heavy atom. The number of carbonyl (C=O) groups is 2. The van der Waals surface area contributed by atoms with E-state index < -0.39 is 17.9 Å². The van der Waals surface area contributed by atoms with Gasteiger partial charge in [-0.05, 0) is 24.6 Å². The van der Waals surface area contributed by atoms with Gasteiger partial charge in [0.1, 0.15) is 6.04 Å². The van der Waals surface area contributed by atoms with Crippen LogP contribution in [-0.2, 0) is 4.79 Å². The van der Waals surface area contributed by atoms with Crippen molar-refractivity contribution in [1.82, 2.24) is 5.32 Å². The summed E-state index contributed by atoms with van der Waals surface area (Å²) in [5.74, 6) is -1.01. The van der Waals surface area contributed by atoms with Crippen molar-refractivity contribution in [3.05, 3.63) is 33.8 Å². The van der Waals surface area contributed by atoms with Gasteiger partial charge in [-0.1, -0.05) is 43.0 Å². The van der Waals surface area contributed by atoms with Crippen LogP contribution in [0.25, 0.3) is 0 Å². The summed E-state index contributed by atoms with van der Waals surface area (Å²) in [6, 6.07) is 3.88. The Labute approximate surface area is 122 Å². The van der Waals surface area contributed by atoms with Gasteiger partial charge in [0, 0.05) is 5.02 Å². The van der Waals surface area contributed by atoms with Crippen LogP contribution in [0.1, 0.15) is 36.5 Å². The first-order valence-electron chi connectivity index (χ1n) is 6.01. The molecular formula is C13H16Cl2N2O2. The van der Waals surface area contributed by atoms with Gasteiger partial charge in [-0.3, -0.25) is 9.59 Å². The van der Waals surface area contributed by atoms with Gasteiger partial charge < -0.3 is 11.1 Å². The average molecular weight is 303 g/mol. The highest BCUT2D eigenvalue weighted by Gasteiger charge is 2.19. The van der Waals surface area contributed by atoms with Gasteiger partial charge in [0.05, 0.1) is 10.6 Å². The predicted molar refractivity (Wildman–Crippen MR) is 76.4 cm³/mol. The van der Waals surface area contributed by atoms with Crippen LogP contribution in [0.5, 0.6) is 0 Å². The molecule has 0 saturated heterocycles. The van der Waals surface area contributed by atoms with Crippen molar-refractivity contribution < 1.29 is 9.59 Å². The predicted octanol–water partition coefficient (Wildman–Crippen LogP) is 2.77. The molecule has 0 aliphatic heterocycles. The number of nitrogens with two attached hydrogens (primary N) is 1. The Balaban J connectivity index is 2.81. The van der Waals surface area contributed by atoms with Crippen LogP contribution >= 0.6 is 23.2 Å². The molecule has 19 heavy (non-hydrogen) atoms. The van der Waals surface area contributed by atoms with Gasteiger partial charge in [-0.15, -0.1) is 0 Å². The fourth-order valence-corrected chi connectivity index (χ4v) is 1.98. The molecule has 0 saturated carbocycles. The SMILES string of the molecule is CCCCC(NC(=O)c1cc(Cl)ccc1Cl)C(N)=O. The lowest BCUT2D eigenvalue weighted by Gasteiger charge is -2.15. The highest BCUT2D eigenvalue weighted by molar-refractivity contribution is 6.35. The Morgan fingerprint density at radius 3 is 2.63 bits per heavy atom. The molecule has 2 amide bonds. The van der Waals surface area contributed by atoms with E-state index in [1.165, 1.54) is 12.1 Å². The fraction of sp³-hybridized carbons (Fsp3) is 0.385. The molecule has 0 aliphatic carbocycles. The van der Waals surface area contributed by atoms with E-state index in [0.29, 0.717) is 11.4 Å². The van der Waals surface area contributed by atoms with Crippen molar-refractivity contribution >= 4 is 35.0 Å². The Morgan fingerprint density at radius 1 is 1.37 bits per heavy atom. The molecule has 1 aromatic rings. The molecule has 0 aliphatic rings. The number of nitrogens with one attached hydrogen (secondary N) is 1. The van der Waals surface area contributed by atoms with E-state index in [-0.39, 0.29) is 10.6 Å². The maximum Gasteiger partial charge on any atom is 0.253 e. The summed E-state index contributed by atoms with van der Waals surface area (Å²) in [5.41, 5.74) is 5.49.